The molecule has 0 N–H and O–H groups in total. The number of aromatic nitrogens is 2. The molecule has 7 aromatic rings. The van der Waals surface area contributed by atoms with Gasteiger partial charge in [-0.1, -0.05) is 97.1 Å². The minimum absolute atomic E-state index is 0.340. The van der Waals surface area contributed by atoms with Crippen molar-refractivity contribution in [3.63, 3.8) is 0 Å². The van der Waals surface area contributed by atoms with Gasteiger partial charge in [0.2, 0.25) is 5.60 Å². The maximum atomic E-state index is 14.1. The minimum atomic E-state index is -1.60. The second kappa shape index (κ2) is 11.9. The van der Waals surface area contributed by atoms with E-state index in [1.54, 1.807) is 85.2 Å². The first-order valence-corrected chi connectivity index (χ1v) is 14.5. The monoisotopic (exact) mass is 586 g/mol. The van der Waals surface area contributed by atoms with Gasteiger partial charge in [0.25, 0.3) is 0 Å². The topological polar surface area (TPSA) is 78.4 Å². The van der Waals surface area contributed by atoms with E-state index >= 15 is 0 Å². The van der Waals surface area contributed by atoms with E-state index in [-0.39, 0.29) is 0 Å². The van der Waals surface area contributed by atoms with E-state index in [0.717, 1.165) is 21.5 Å². The summed E-state index contributed by atoms with van der Waals surface area (Å²) in [5, 5.41) is 3.46. The van der Waals surface area contributed by atoms with Crippen LogP contribution < -0.4 is 4.74 Å². The average molecular weight is 587 g/mol. The van der Waals surface area contributed by atoms with Crippen LogP contribution in [-0.2, 0) is 10.3 Å². The largest absolute Gasteiger partial charge is 0.437 e. The summed E-state index contributed by atoms with van der Waals surface area (Å²) in [6.45, 7) is 0. The molecule has 0 aliphatic rings. The summed E-state index contributed by atoms with van der Waals surface area (Å²) in [6, 6.07) is 44.1. The Morgan fingerprint density at radius 1 is 0.489 bits per heavy atom. The zero-order valence-corrected chi connectivity index (χ0v) is 24.0. The number of nitrogens with zero attached hydrogens (tertiary/aromatic N) is 2. The second-order valence-corrected chi connectivity index (χ2v) is 10.5. The number of carbonyl (C=O) groups excluding carboxylic acids is 2. The van der Waals surface area contributed by atoms with Crippen LogP contribution in [0.1, 0.15) is 37.7 Å². The molecule has 0 radical (unpaired) electrons. The van der Waals surface area contributed by atoms with Crippen molar-refractivity contribution in [3.8, 4) is 5.75 Å². The number of esters is 2. The summed E-state index contributed by atoms with van der Waals surface area (Å²) < 4.78 is 12.4. The maximum Gasteiger partial charge on any atom is 0.343 e. The molecule has 5 aromatic carbocycles. The number of benzene rings is 5. The molecular formula is C39H26N2O4. The molecule has 7 rings (SSSR count). The van der Waals surface area contributed by atoms with Gasteiger partial charge in [-0.3, -0.25) is 9.97 Å². The predicted octanol–water partition coefficient (Wildman–Crippen LogP) is 8.15. The number of fused-ring (bicyclic) bond motifs is 2. The smallest absolute Gasteiger partial charge is 0.343 e. The SMILES string of the molecule is O=C(Oc1ccc(C(OC(=O)c2ccccc2)(c2nccc3ccccc23)c2nccc3ccccc23)cc1)c1ccccc1. The Hall–Kier alpha value is -6.14. The van der Waals surface area contributed by atoms with Crippen molar-refractivity contribution in [3.05, 3.63) is 186 Å². The van der Waals surface area contributed by atoms with E-state index in [1.165, 1.54) is 0 Å². The van der Waals surface area contributed by atoms with Crippen molar-refractivity contribution in [1.29, 1.82) is 0 Å². The van der Waals surface area contributed by atoms with Gasteiger partial charge >= 0.3 is 11.9 Å². The van der Waals surface area contributed by atoms with E-state index in [4.69, 9.17) is 19.4 Å². The summed E-state index contributed by atoms with van der Waals surface area (Å²) in [7, 11) is 0. The quantitative estimate of drug-likeness (QED) is 0.139. The first-order valence-electron chi connectivity index (χ1n) is 14.5. The molecule has 6 heteroatoms. The molecule has 0 bridgehead atoms. The van der Waals surface area contributed by atoms with Crippen molar-refractivity contribution in [2.24, 2.45) is 0 Å². The lowest BCUT2D eigenvalue weighted by molar-refractivity contribution is 0.0124. The molecule has 0 aliphatic carbocycles. The van der Waals surface area contributed by atoms with Crippen LogP contribution in [0.5, 0.6) is 5.75 Å². The number of pyridine rings is 2. The zero-order chi connectivity index (χ0) is 30.6. The molecule has 0 aliphatic heterocycles. The summed E-state index contributed by atoms with van der Waals surface area (Å²) >= 11 is 0. The van der Waals surface area contributed by atoms with Crippen molar-refractivity contribution in [1.82, 2.24) is 9.97 Å². The first kappa shape index (κ1) is 27.7. The van der Waals surface area contributed by atoms with Crippen LogP contribution in [0.15, 0.2) is 158 Å². The number of hydrogen-bond acceptors (Lipinski definition) is 6. The van der Waals surface area contributed by atoms with Crippen LogP contribution in [0.4, 0.5) is 0 Å². The fourth-order valence-corrected chi connectivity index (χ4v) is 5.61. The number of hydrogen-bond donors (Lipinski definition) is 0. The summed E-state index contributed by atoms with van der Waals surface area (Å²) in [5.74, 6) is -0.677. The first-order chi connectivity index (χ1) is 22.1. The van der Waals surface area contributed by atoms with Crippen LogP contribution in [0, 0.1) is 0 Å². The van der Waals surface area contributed by atoms with Gasteiger partial charge in [0, 0.05) is 28.7 Å². The highest BCUT2D eigenvalue weighted by Crippen LogP contribution is 2.45. The lowest BCUT2D eigenvalue weighted by Gasteiger charge is -2.35. The fraction of sp³-hybridized carbons (Fsp3) is 0.0256. The molecule has 0 atom stereocenters. The Morgan fingerprint density at radius 2 is 0.956 bits per heavy atom. The molecule has 2 heterocycles. The van der Waals surface area contributed by atoms with Crippen LogP contribution in [0.2, 0.25) is 0 Å². The minimum Gasteiger partial charge on any atom is -0.437 e. The van der Waals surface area contributed by atoms with Gasteiger partial charge in [0.05, 0.1) is 11.1 Å². The molecule has 2 aromatic heterocycles. The Labute approximate surface area is 259 Å². The van der Waals surface area contributed by atoms with Gasteiger partial charge in [0.1, 0.15) is 17.1 Å². The van der Waals surface area contributed by atoms with Crippen molar-refractivity contribution in [2.45, 2.75) is 5.60 Å². The Kier molecular flexibility index (Phi) is 7.29. The average Bonchev–Trinajstić information content (AvgIpc) is 3.11. The normalized spacial score (nSPS) is 11.3. The molecule has 6 nitrogen and oxygen atoms in total. The number of ether oxygens (including phenoxy) is 2. The highest BCUT2D eigenvalue weighted by atomic mass is 16.6. The van der Waals surface area contributed by atoms with Crippen LogP contribution >= 0.6 is 0 Å². The van der Waals surface area contributed by atoms with E-state index in [9.17, 15) is 9.59 Å². The lowest BCUT2D eigenvalue weighted by Crippen LogP contribution is -2.37. The lowest BCUT2D eigenvalue weighted by atomic mass is 9.81. The van der Waals surface area contributed by atoms with Crippen molar-refractivity contribution >= 4 is 33.5 Å². The molecule has 0 fully saturated rings. The van der Waals surface area contributed by atoms with E-state index in [1.807, 2.05) is 72.8 Å². The molecule has 0 saturated carbocycles. The molecule has 0 spiro atoms. The predicted molar refractivity (Wildman–Crippen MR) is 173 cm³/mol. The summed E-state index contributed by atoms with van der Waals surface area (Å²) in [5.41, 5.74) is 0.810. The Morgan fingerprint density at radius 3 is 1.49 bits per heavy atom. The molecule has 216 valence electrons. The summed E-state index contributed by atoms with van der Waals surface area (Å²) in [4.78, 5) is 36.7. The number of rotatable bonds is 7. The van der Waals surface area contributed by atoms with Crippen LogP contribution in [0.25, 0.3) is 21.5 Å². The Balaban J connectivity index is 1.48. The highest BCUT2D eigenvalue weighted by molar-refractivity contribution is 5.94. The fourth-order valence-electron chi connectivity index (χ4n) is 5.61. The van der Waals surface area contributed by atoms with Crippen LogP contribution in [-0.4, -0.2) is 21.9 Å². The molecule has 0 unspecified atom stereocenters. The van der Waals surface area contributed by atoms with Crippen molar-refractivity contribution < 1.29 is 19.1 Å². The molecule has 0 saturated heterocycles. The van der Waals surface area contributed by atoms with Crippen molar-refractivity contribution in [2.75, 3.05) is 0 Å². The molecule has 45 heavy (non-hydrogen) atoms. The summed E-state index contributed by atoms with van der Waals surface area (Å²) in [6.07, 6.45) is 3.42. The van der Waals surface area contributed by atoms with Gasteiger partial charge in [-0.05, 0) is 59.3 Å². The molecular weight excluding hydrogens is 560 g/mol. The Bertz CT molecular complexity index is 2060. The third-order valence-corrected chi connectivity index (χ3v) is 7.75. The van der Waals surface area contributed by atoms with E-state index < -0.39 is 17.5 Å². The van der Waals surface area contributed by atoms with Gasteiger partial charge in [-0.15, -0.1) is 0 Å². The van der Waals surface area contributed by atoms with Gasteiger partial charge in [-0.25, -0.2) is 9.59 Å². The van der Waals surface area contributed by atoms with Crippen LogP contribution in [0.3, 0.4) is 0 Å². The third kappa shape index (κ3) is 5.19. The third-order valence-electron chi connectivity index (χ3n) is 7.75. The van der Waals surface area contributed by atoms with E-state index in [2.05, 4.69) is 0 Å². The van der Waals surface area contributed by atoms with Gasteiger partial charge in [-0.2, -0.15) is 0 Å². The van der Waals surface area contributed by atoms with Gasteiger partial charge in [0.15, 0.2) is 0 Å². The molecule has 0 amide bonds. The van der Waals surface area contributed by atoms with E-state index in [0.29, 0.717) is 33.8 Å². The number of carbonyl (C=O) groups is 2. The maximum absolute atomic E-state index is 14.1. The standard InChI is InChI=1S/C39H26N2O4/c42-37(29-13-3-1-4-14-29)44-32-21-19-31(20-22-32)39(45-38(43)30-15-5-2-6-16-30,35-33-17-9-7-11-27(33)23-25-40-35)36-34-18-10-8-12-28(34)24-26-41-36/h1-26H. The highest BCUT2D eigenvalue weighted by Gasteiger charge is 2.46. The second-order valence-electron chi connectivity index (χ2n) is 10.5. The zero-order valence-electron chi connectivity index (χ0n) is 24.0. The van der Waals surface area contributed by atoms with Gasteiger partial charge < -0.3 is 9.47 Å².